The molecule has 1 rings (SSSR count). The monoisotopic (exact) mass is 222 g/mol. The van der Waals surface area contributed by atoms with Crippen LogP contribution in [0.3, 0.4) is 0 Å². The smallest absolute Gasteiger partial charge is 0.405 e. The molecule has 0 saturated carbocycles. The molecule has 0 amide bonds. The zero-order chi connectivity index (χ0) is 11.6. The fraction of sp³-hybridized carbons (Fsp3) is 0.400. The maximum absolute atomic E-state index is 12.7. The SMILES string of the molecule is CC(C)c1ccc(F)cc1OC(F)(F)F. The predicted octanol–water partition coefficient (Wildman–Crippen LogP) is 3.85. The van der Waals surface area contributed by atoms with Gasteiger partial charge in [0.2, 0.25) is 0 Å². The first-order chi connectivity index (χ1) is 6.79. The van der Waals surface area contributed by atoms with Gasteiger partial charge in [-0.05, 0) is 17.5 Å². The number of halogens is 4. The van der Waals surface area contributed by atoms with Crippen molar-refractivity contribution < 1.29 is 22.3 Å². The van der Waals surface area contributed by atoms with E-state index in [1.165, 1.54) is 6.07 Å². The van der Waals surface area contributed by atoms with Crippen molar-refractivity contribution in [3.05, 3.63) is 29.6 Å². The second-order valence-corrected chi connectivity index (χ2v) is 3.38. The van der Waals surface area contributed by atoms with Crippen LogP contribution < -0.4 is 4.74 Å². The maximum Gasteiger partial charge on any atom is 0.573 e. The number of benzene rings is 1. The molecular weight excluding hydrogens is 212 g/mol. The van der Waals surface area contributed by atoms with Gasteiger partial charge in [0.05, 0.1) is 0 Å². The molecule has 0 fully saturated rings. The van der Waals surface area contributed by atoms with Gasteiger partial charge in [0.1, 0.15) is 11.6 Å². The third kappa shape index (κ3) is 3.42. The summed E-state index contributed by atoms with van der Waals surface area (Å²) in [5, 5.41) is 0. The Kier molecular flexibility index (Phi) is 3.21. The molecule has 0 heterocycles. The van der Waals surface area contributed by atoms with Crippen LogP contribution in [0.1, 0.15) is 25.3 Å². The molecule has 0 aliphatic rings. The molecule has 15 heavy (non-hydrogen) atoms. The summed E-state index contributed by atoms with van der Waals surface area (Å²) < 4.78 is 52.4. The summed E-state index contributed by atoms with van der Waals surface area (Å²) in [6.07, 6.45) is -4.79. The average molecular weight is 222 g/mol. The molecule has 0 aliphatic heterocycles. The molecular formula is C10H10F4O. The lowest BCUT2D eigenvalue weighted by Gasteiger charge is -2.15. The zero-order valence-corrected chi connectivity index (χ0v) is 8.23. The Hall–Kier alpha value is -1.26. The van der Waals surface area contributed by atoms with Gasteiger partial charge < -0.3 is 4.74 Å². The Morgan fingerprint density at radius 3 is 2.27 bits per heavy atom. The summed E-state index contributed by atoms with van der Waals surface area (Å²) in [5.41, 5.74) is 0.328. The molecule has 0 N–H and O–H groups in total. The van der Waals surface area contributed by atoms with E-state index in [-0.39, 0.29) is 5.92 Å². The first-order valence-electron chi connectivity index (χ1n) is 4.35. The number of hydrogen-bond donors (Lipinski definition) is 0. The zero-order valence-electron chi connectivity index (χ0n) is 8.23. The van der Waals surface area contributed by atoms with Crippen LogP contribution in [0.2, 0.25) is 0 Å². The van der Waals surface area contributed by atoms with Crippen molar-refractivity contribution in [3.63, 3.8) is 0 Å². The quantitative estimate of drug-likeness (QED) is 0.690. The molecule has 0 atom stereocenters. The van der Waals surface area contributed by atoms with Gasteiger partial charge in [0.15, 0.2) is 0 Å². The number of ether oxygens (including phenoxy) is 1. The maximum atomic E-state index is 12.7. The van der Waals surface area contributed by atoms with Gasteiger partial charge >= 0.3 is 6.36 Å². The van der Waals surface area contributed by atoms with Crippen LogP contribution in [0.4, 0.5) is 17.6 Å². The van der Waals surface area contributed by atoms with Gasteiger partial charge in [-0.15, -0.1) is 13.2 Å². The number of alkyl halides is 3. The van der Waals surface area contributed by atoms with Gasteiger partial charge in [-0.3, -0.25) is 0 Å². The van der Waals surface area contributed by atoms with Crippen molar-refractivity contribution in [2.75, 3.05) is 0 Å². The molecule has 1 nitrogen and oxygen atoms in total. The fourth-order valence-corrected chi connectivity index (χ4v) is 1.20. The van der Waals surface area contributed by atoms with Gasteiger partial charge in [-0.25, -0.2) is 4.39 Å². The lowest BCUT2D eigenvalue weighted by Crippen LogP contribution is -2.18. The normalized spacial score (nSPS) is 11.9. The van der Waals surface area contributed by atoms with E-state index in [2.05, 4.69) is 4.74 Å². The summed E-state index contributed by atoms with van der Waals surface area (Å²) in [4.78, 5) is 0. The van der Waals surface area contributed by atoms with Crippen LogP contribution >= 0.6 is 0 Å². The van der Waals surface area contributed by atoms with E-state index in [4.69, 9.17) is 0 Å². The minimum absolute atomic E-state index is 0.164. The van der Waals surface area contributed by atoms with Crippen molar-refractivity contribution in [3.8, 4) is 5.75 Å². The Bertz CT molecular complexity index is 344. The molecule has 0 spiro atoms. The van der Waals surface area contributed by atoms with E-state index >= 15 is 0 Å². The molecule has 1 aromatic carbocycles. The van der Waals surface area contributed by atoms with Crippen LogP contribution in [0.25, 0.3) is 0 Å². The lowest BCUT2D eigenvalue weighted by molar-refractivity contribution is -0.275. The fourth-order valence-electron chi connectivity index (χ4n) is 1.20. The standard InChI is InChI=1S/C10H10F4O/c1-6(2)8-4-3-7(11)5-9(8)15-10(12,13)14/h3-6H,1-2H3. The van der Waals surface area contributed by atoms with Crippen molar-refractivity contribution in [2.24, 2.45) is 0 Å². The first kappa shape index (κ1) is 11.8. The predicted molar refractivity (Wildman–Crippen MR) is 47.2 cm³/mol. The minimum Gasteiger partial charge on any atom is -0.405 e. The van der Waals surface area contributed by atoms with Crippen LogP contribution in [0.5, 0.6) is 5.75 Å². The van der Waals surface area contributed by atoms with Gasteiger partial charge in [0, 0.05) is 6.07 Å². The highest BCUT2D eigenvalue weighted by Gasteiger charge is 2.32. The van der Waals surface area contributed by atoms with Gasteiger partial charge in [0.25, 0.3) is 0 Å². The summed E-state index contributed by atoms with van der Waals surface area (Å²) >= 11 is 0. The number of rotatable bonds is 2. The summed E-state index contributed by atoms with van der Waals surface area (Å²) in [5.74, 6) is -1.39. The highest BCUT2D eigenvalue weighted by Crippen LogP contribution is 2.31. The Morgan fingerprint density at radius 2 is 1.80 bits per heavy atom. The summed E-state index contributed by atoms with van der Waals surface area (Å²) in [6.45, 7) is 3.41. The average Bonchev–Trinajstić information content (AvgIpc) is 1.99. The topological polar surface area (TPSA) is 9.23 Å². The molecule has 84 valence electrons. The molecule has 0 saturated heterocycles. The summed E-state index contributed by atoms with van der Waals surface area (Å²) in [7, 11) is 0. The second-order valence-electron chi connectivity index (χ2n) is 3.38. The van der Waals surface area contributed by atoms with E-state index in [1.54, 1.807) is 13.8 Å². The highest BCUT2D eigenvalue weighted by molar-refractivity contribution is 5.36. The lowest BCUT2D eigenvalue weighted by atomic mass is 10.0. The molecule has 0 radical (unpaired) electrons. The van der Waals surface area contributed by atoms with Crippen LogP contribution in [0.15, 0.2) is 18.2 Å². The van der Waals surface area contributed by atoms with Crippen molar-refractivity contribution in [1.29, 1.82) is 0 Å². The molecule has 0 aliphatic carbocycles. The van der Waals surface area contributed by atoms with Crippen molar-refractivity contribution in [2.45, 2.75) is 26.1 Å². The molecule has 1 aromatic rings. The van der Waals surface area contributed by atoms with Crippen LogP contribution in [0, 0.1) is 5.82 Å². The van der Waals surface area contributed by atoms with Gasteiger partial charge in [-0.1, -0.05) is 19.9 Å². The molecule has 5 heteroatoms. The first-order valence-corrected chi connectivity index (χ1v) is 4.35. The van der Waals surface area contributed by atoms with Gasteiger partial charge in [-0.2, -0.15) is 0 Å². The van der Waals surface area contributed by atoms with E-state index in [0.717, 1.165) is 12.1 Å². The summed E-state index contributed by atoms with van der Waals surface area (Å²) in [6, 6.07) is 3.14. The minimum atomic E-state index is -4.79. The Balaban J connectivity index is 3.08. The Labute approximate surface area is 84.7 Å². The number of hydrogen-bond acceptors (Lipinski definition) is 1. The van der Waals surface area contributed by atoms with E-state index < -0.39 is 17.9 Å². The van der Waals surface area contributed by atoms with Crippen LogP contribution in [-0.2, 0) is 0 Å². The van der Waals surface area contributed by atoms with E-state index in [1.807, 2.05) is 0 Å². The van der Waals surface area contributed by atoms with Crippen LogP contribution in [-0.4, -0.2) is 6.36 Å². The highest BCUT2D eigenvalue weighted by atomic mass is 19.4. The second kappa shape index (κ2) is 4.08. The van der Waals surface area contributed by atoms with E-state index in [9.17, 15) is 17.6 Å². The van der Waals surface area contributed by atoms with Crippen molar-refractivity contribution >= 4 is 0 Å². The largest absolute Gasteiger partial charge is 0.573 e. The molecule has 0 unspecified atom stereocenters. The molecule has 0 aromatic heterocycles. The van der Waals surface area contributed by atoms with E-state index in [0.29, 0.717) is 5.56 Å². The third-order valence-corrected chi connectivity index (χ3v) is 1.82. The molecule has 0 bridgehead atoms. The Morgan fingerprint density at radius 1 is 1.20 bits per heavy atom. The van der Waals surface area contributed by atoms with Crippen molar-refractivity contribution in [1.82, 2.24) is 0 Å². The third-order valence-electron chi connectivity index (χ3n) is 1.82.